The van der Waals surface area contributed by atoms with E-state index in [9.17, 15) is 5.11 Å². The van der Waals surface area contributed by atoms with E-state index in [1.807, 2.05) is 31.5 Å². The first-order valence-electron chi connectivity index (χ1n) is 7.62. The molecule has 2 heterocycles. The minimum absolute atomic E-state index is 0.196. The Kier molecular flexibility index (Phi) is 4.32. The summed E-state index contributed by atoms with van der Waals surface area (Å²) in [5.41, 5.74) is 3.77. The summed E-state index contributed by atoms with van der Waals surface area (Å²) in [6.45, 7) is 4.94. The van der Waals surface area contributed by atoms with Crippen molar-refractivity contribution in [1.82, 2.24) is 9.88 Å². The van der Waals surface area contributed by atoms with Gasteiger partial charge in [-0.1, -0.05) is 18.2 Å². The van der Waals surface area contributed by atoms with Crippen LogP contribution in [0.4, 0.5) is 0 Å². The summed E-state index contributed by atoms with van der Waals surface area (Å²) < 4.78 is 0. The zero-order chi connectivity index (χ0) is 14.7. The molecule has 0 aliphatic carbocycles. The Morgan fingerprint density at radius 2 is 2.05 bits per heavy atom. The average molecular weight is 282 g/mol. The van der Waals surface area contributed by atoms with Crippen LogP contribution in [0.25, 0.3) is 11.1 Å². The minimum atomic E-state index is -0.196. The van der Waals surface area contributed by atoms with Crippen LogP contribution >= 0.6 is 0 Å². The predicted molar refractivity (Wildman–Crippen MR) is 84.7 cm³/mol. The molecule has 110 valence electrons. The Hall–Kier alpha value is -1.71. The highest BCUT2D eigenvalue weighted by Crippen LogP contribution is 2.24. The normalized spacial score (nSPS) is 20.6. The molecule has 1 fully saturated rings. The lowest BCUT2D eigenvalue weighted by Crippen LogP contribution is -2.23. The number of aromatic nitrogens is 1. The van der Waals surface area contributed by atoms with E-state index < -0.39 is 0 Å². The molecule has 1 aliphatic rings. The summed E-state index contributed by atoms with van der Waals surface area (Å²) in [6, 6.07) is 12.8. The number of nitrogens with zero attached hydrogens (tertiary/aromatic N) is 2. The fraction of sp³-hybridized carbons (Fsp3) is 0.389. The maximum absolute atomic E-state index is 9.70. The number of hydrogen-bond acceptors (Lipinski definition) is 3. The zero-order valence-electron chi connectivity index (χ0n) is 12.4. The second-order valence-corrected chi connectivity index (χ2v) is 5.96. The van der Waals surface area contributed by atoms with Crippen molar-refractivity contribution < 1.29 is 5.11 Å². The van der Waals surface area contributed by atoms with Crippen molar-refractivity contribution in [3.63, 3.8) is 0 Å². The summed E-state index contributed by atoms with van der Waals surface area (Å²) in [4.78, 5) is 6.50. The molecule has 2 aromatic rings. The largest absolute Gasteiger partial charge is 0.393 e. The quantitative estimate of drug-likeness (QED) is 0.936. The van der Waals surface area contributed by atoms with Crippen molar-refractivity contribution in [3.05, 3.63) is 54.4 Å². The second-order valence-electron chi connectivity index (χ2n) is 5.96. The zero-order valence-corrected chi connectivity index (χ0v) is 12.4. The van der Waals surface area contributed by atoms with Crippen molar-refractivity contribution >= 4 is 0 Å². The first kappa shape index (κ1) is 14.2. The van der Waals surface area contributed by atoms with Gasteiger partial charge in [0.25, 0.3) is 0 Å². The Bertz CT molecular complexity index is 583. The predicted octanol–water partition coefficient (Wildman–Crippen LogP) is 2.95. The van der Waals surface area contributed by atoms with Gasteiger partial charge in [0.15, 0.2) is 0 Å². The fourth-order valence-corrected chi connectivity index (χ4v) is 3.05. The van der Waals surface area contributed by atoms with Gasteiger partial charge in [-0.05, 0) is 60.7 Å². The molecule has 0 saturated carbocycles. The third kappa shape index (κ3) is 3.49. The van der Waals surface area contributed by atoms with Crippen LogP contribution in [0.3, 0.4) is 0 Å². The highest BCUT2D eigenvalue weighted by Gasteiger charge is 2.25. The van der Waals surface area contributed by atoms with E-state index in [0.29, 0.717) is 5.92 Å². The van der Waals surface area contributed by atoms with Crippen LogP contribution in [0.15, 0.2) is 48.8 Å². The Morgan fingerprint density at radius 1 is 1.24 bits per heavy atom. The molecule has 3 nitrogen and oxygen atoms in total. The van der Waals surface area contributed by atoms with E-state index >= 15 is 0 Å². The van der Waals surface area contributed by atoms with E-state index in [0.717, 1.165) is 26.1 Å². The fourth-order valence-electron chi connectivity index (χ4n) is 3.05. The molecule has 2 unspecified atom stereocenters. The van der Waals surface area contributed by atoms with Gasteiger partial charge >= 0.3 is 0 Å². The Morgan fingerprint density at radius 3 is 2.76 bits per heavy atom. The minimum Gasteiger partial charge on any atom is -0.393 e. The molecular formula is C18H22N2O. The van der Waals surface area contributed by atoms with E-state index in [1.54, 1.807) is 0 Å². The molecule has 1 aromatic carbocycles. The van der Waals surface area contributed by atoms with Gasteiger partial charge in [0.2, 0.25) is 0 Å². The summed E-state index contributed by atoms with van der Waals surface area (Å²) in [7, 11) is 0. The van der Waals surface area contributed by atoms with Crippen LogP contribution in [-0.2, 0) is 6.54 Å². The van der Waals surface area contributed by atoms with Gasteiger partial charge in [-0.15, -0.1) is 0 Å². The van der Waals surface area contributed by atoms with Crippen molar-refractivity contribution in [2.24, 2.45) is 5.92 Å². The molecule has 1 aliphatic heterocycles. The van der Waals surface area contributed by atoms with Gasteiger partial charge in [-0.25, -0.2) is 0 Å². The van der Waals surface area contributed by atoms with Gasteiger partial charge in [-0.3, -0.25) is 9.88 Å². The summed E-state index contributed by atoms with van der Waals surface area (Å²) in [6.07, 6.45) is 4.56. The molecule has 0 bridgehead atoms. The van der Waals surface area contributed by atoms with Crippen LogP contribution in [0.2, 0.25) is 0 Å². The van der Waals surface area contributed by atoms with Gasteiger partial charge < -0.3 is 5.11 Å². The second kappa shape index (κ2) is 6.37. The van der Waals surface area contributed by atoms with Crippen molar-refractivity contribution in [2.75, 3.05) is 13.1 Å². The van der Waals surface area contributed by atoms with Crippen molar-refractivity contribution in [2.45, 2.75) is 26.0 Å². The number of likely N-dealkylation sites (tertiary alicyclic amines) is 1. The highest BCUT2D eigenvalue weighted by atomic mass is 16.3. The molecule has 3 rings (SSSR count). The molecule has 2 atom stereocenters. The van der Waals surface area contributed by atoms with Gasteiger partial charge in [0, 0.05) is 25.5 Å². The maximum Gasteiger partial charge on any atom is 0.0552 e. The standard InChI is InChI=1S/C18H22N2O/c1-14(21)18-7-10-20(13-18)12-15-3-2-4-17(11-15)16-5-8-19-9-6-16/h2-6,8-9,11,14,18,21H,7,10,12-13H2,1H3. The third-order valence-corrected chi connectivity index (χ3v) is 4.34. The van der Waals surface area contributed by atoms with E-state index in [1.165, 1.54) is 16.7 Å². The maximum atomic E-state index is 9.70. The smallest absolute Gasteiger partial charge is 0.0552 e. The van der Waals surface area contributed by atoms with Crippen LogP contribution in [0, 0.1) is 5.92 Å². The Balaban J connectivity index is 1.70. The van der Waals surface area contributed by atoms with E-state index in [4.69, 9.17) is 0 Å². The molecule has 21 heavy (non-hydrogen) atoms. The molecule has 0 radical (unpaired) electrons. The first-order valence-corrected chi connectivity index (χ1v) is 7.62. The molecule has 0 amide bonds. The van der Waals surface area contributed by atoms with Crippen LogP contribution < -0.4 is 0 Å². The first-order chi connectivity index (χ1) is 10.2. The number of aliphatic hydroxyl groups excluding tert-OH is 1. The monoisotopic (exact) mass is 282 g/mol. The van der Waals surface area contributed by atoms with E-state index in [2.05, 4.69) is 34.1 Å². The average Bonchev–Trinajstić information content (AvgIpc) is 2.97. The molecule has 1 saturated heterocycles. The highest BCUT2D eigenvalue weighted by molar-refractivity contribution is 5.63. The van der Waals surface area contributed by atoms with Crippen molar-refractivity contribution in [1.29, 1.82) is 0 Å². The molecule has 1 N–H and O–H groups in total. The lowest BCUT2D eigenvalue weighted by molar-refractivity contribution is 0.127. The number of hydrogen-bond donors (Lipinski definition) is 1. The SMILES string of the molecule is CC(O)C1CCN(Cc2cccc(-c3ccncc3)c2)C1. The number of benzene rings is 1. The van der Waals surface area contributed by atoms with Crippen molar-refractivity contribution in [3.8, 4) is 11.1 Å². The number of pyridine rings is 1. The lowest BCUT2D eigenvalue weighted by atomic mass is 10.0. The van der Waals surface area contributed by atoms with Gasteiger partial charge in [0.05, 0.1) is 6.10 Å². The van der Waals surface area contributed by atoms with Gasteiger partial charge in [0.1, 0.15) is 0 Å². The summed E-state index contributed by atoms with van der Waals surface area (Å²) in [5, 5.41) is 9.70. The Labute approximate surface area is 126 Å². The summed E-state index contributed by atoms with van der Waals surface area (Å²) in [5.74, 6) is 0.424. The number of rotatable bonds is 4. The lowest BCUT2D eigenvalue weighted by Gasteiger charge is -2.17. The molecule has 0 spiro atoms. The molecule has 1 aromatic heterocycles. The number of aliphatic hydroxyl groups is 1. The summed E-state index contributed by atoms with van der Waals surface area (Å²) >= 11 is 0. The molecular weight excluding hydrogens is 260 g/mol. The third-order valence-electron chi connectivity index (χ3n) is 4.34. The van der Waals surface area contributed by atoms with Crippen LogP contribution in [-0.4, -0.2) is 34.2 Å². The van der Waals surface area contributed by atoms with Crippen LogP contribution in [0.5, 0.6) is 0 Å². The van der Waals surface area contributed by atoms with E-state index in [-0.39, 0.29) is 6.10 Å². The topological polar surface area (TPSA) is 36.4 Å². The molecule has 3 heteroatoms. The van der Waals surface area contributed by atoms with Crippen LogP contribution in [0.1, 0.15) is 18.9 Å². The van der Waals surface area contributed by atoms with Gasteiger partial charge in [-0.2, -0.15) is 0 Å².